The first-order chi connectivity index (χ1) is 15.3. The molecule has 0 aliphatic heterocycles. The van der Waals surface area contributed by atoms with Crippen LogP contribution >= 0.6 is 0 Å². The highest BCUT2D eigenvalue weighted by molar-refractivity contribution is 6.84. The molecule has 0 atom stereocenters. The third-order valence-corrected chi connectivity index (χ3v) is 8.55. The van der Waals surface area contributed by atoms with Crippen molar-refractivity contribution in [2.75, 3.05) is 0 Å². The molecule has 0 radical (unpaired) electrons. The van der Waals surface area contributed by atoms with Gasteiger partial charge in [0.15, 0.2) is 0 Å². The van der Waals surface area contributed by atoms with Crippen LogP contribution in [0, 0.1) is 5.82 Å². The molecular weight excluding hydrogens is 399 g/mol. The molecular formula is C27H21FN2Si. The summed E-state index contributed by atoms with van der Waals surface area (Å²) in [5.41, 5.74) is 4.33. The lowest BCUT2D eigenvalue weighted by molar-refractivity contribution is 0.628. The molecule has 2 nitrogen and oxygen atoms in total. The topological polar surface area (TPSA) is 17.8 Å². The van der Waals surface area contributed by atoms with Crippen molar-refractivity contribution >= 4 is 19.3 Å². The molecule has 5 aromatic rings. The number of halogens is 1. The summed E-state index contributed by atoms with van der Waals surface area (Å²) in [5.74, 6) is -0.229. The second-order valence-corrected chi connectivity index (χ2v) is 10.1. The van der Waals surface area contributed by atoms with Gasteiger partial charge in [0.25, 0.3) is 0 Å². The molecule has 150 valence electrons. The predicted molar refractivity (Wildman–Crippen MR) is 128 cm³/mol. The van der Waals surface area contributed by atoms with Gasteiger partial charge in [0, 0.05) is 23.7 Å². The van der Waals surface area contributed by atoms with Crippen molar-refractivity contribution in [1.82, 2.24) is 9.22 Å². The highest BCUT2D eigenvalue weighted by atomic mass is 28.3. The van der Waals surface area contributed by atoms with Crippen LogP contribution in [0.5, 0.6) is 0 Å². The van der Waals surface area contributed by atoms with Crippen molar-refractivity contribution in [3.63, 3.8) is 0 Å². The van der Waals surface area contributed by atoms with Gasteiger partial charge >= 0.3 is 0 Å². The molecule has 0 saturated carbocycles. The predicted octanol–water partition coefficient (Wildman–Crippen LogP) is 4.74. The van der Waals surface area contributed by atoms with Crippen LogP contribution in [-0.2, 0) is 0 Å². The Balaban J connectivity index is 1.77. The fourth-order valence-corrected chi connectivity index (χ4v) is 7.13. The molecule has 2 heterocycles. The first-order valence-electron chi connectivity index (χ1n) is 10.3. The van der Waals surface area contributed by atoms with Gasteiger partial charge in [0.05, 0.1) is 0 Å². The Kier molecular flexibility index (Phi) is 5.29. The third-order valence-electron chi connectivity index (χ3n) is 5.53. The van der Waals surface area contributed by atoms with Crippen molar-refractivity contribution < 1.29 is 4.39 Å². The Bertz CT molecular complexity index is 1230. The van der Waals surface area contributed by atoms with Crippen LogP contribution in [0.1, 0.15) is 0 Å². The molecule has 0 N–H and O–H groups in total. The van der Waals surface area contributed by atoms with E-state index in [2.05, 4.69) is 82.1 Å². The molecule has 0 amide bonds. The van der Waals surface area contributed by atoms with Gasteiger partial charge in [-0.05, 0) is 70.2 Å². The van der Waals surface area contributed by atoms with Crippen LogP contribution in [0.25, 0.3) is 22.4 Å². The van der Waals surface area contributed by atoms with Gasteiger partial charge in [-0.2, -0.15) is 0 Å². The number of hydrogen-bond donors (Lipinski definition) is 0. The van der Waals surface area contributed by atoms with Crippen molar-refractivity contribution in [3.05, 3.63) is 128 Å². The van der Waals surface area contributed by atoms with Crippen molar-refractivity contribution in [3.8, 4) is 22.4 Å². The third kappa shape index (κ3) is 3.85. The maximum absolute atomic E-state index is 13.7. The summed E-state index contributed by atoms with van der Waals surface area (Å²) in [7, 11) is -1.83. The van der Waals surface area contributed by atoms with Crippen LogP contribution < -0.4 is 10.4 Å². The van der Waals surface area contributed by atoms with Gasteiger partial charge in [0.1, 0.15) is 5.82 Å². The largest absolute Gasteiger partial charge is 0.368 e. The SMILES string of the molecule is Fc1ccc(-c2c(-c3ccncc3)ccn2[SiH](c2ccccc2)c2ccccc2)cc1. The van der Waals surface area contributed by atoms with E-state index < -0.39 is 8.96 Å². The number of nitrogens with zero attached hydrogens (tertiary/aromatic N) is 2. The zero-order valence-electron chi connectivity index (χ0n) is 16.9. The van der Waals surface area contributed by atoms with E-state index in [-0.39, 0.29) is 5.82 Å². The molecule has 0 aliphatic rings. The minimum Gasteiger partial charge on any atom is -0.368 e. The van der Waals surface area contributed by atoms with Crippen LogP contribution in [0.15, 0.2) is 122 Å². The monoisotopic (exact) mass is 420 g/mol. The molecule has 0 bridgehead atoms. The number of benzene rings is 3. The first kappa shape index (κ1) is 19.2. The van der Waals surface area contributed by atoms with Crippen molar-refractivity contribution in [2.45, 2.75) is 0 Å². The minimum absolute atomic E-state index is 0.229. The number of aromatic nitrogens is 2. The highest BCUT2D eigenvalue weighted by Crippen LogP contribution is 2.33. The second kappa shape index (κ2) is 8.54. The number of pyridine rings is 1. The quantitative estimate of drug-likeness (QED) is 0.376. The van der Waals surface area contributed by atoms with E-state index in [0.717, 1.165) is 22.4 Å². The Morgan fingerprint density at radius 3 is 1.77 bits per heavy atom. The Morgan fingerprint density at radius 1 is 0.613 bits per heavy atom. The van der Waals surface area contributed by atoms with Gasteiger partial charge < -0.3 is 4.23 Å². The Morgan fingerprint density at radius 2 is 1.19 bits per heavy atom. The summed E-state index contributed by atoms with van der Waals surface area (Å²) < 4.78 is 16.2. The molecule has 4 heteroatoms. The standard InChI is InChI=1S/C27H21FN2Si/c28-23-13-11-22(12-14-23)27-26(21-15-18-29-19-16-21)17-20-30(27)31(24-7-3-1-4-8-24)25-9-5-2-6-10-25/h1-20,31H. The lowest BCUT2D eigenvalue weighted by Crippen LogP contribution is -2.48. The Hall–Kier alpha value is -3.76. The van der Waals surface area contributed by atoms with Crippen molar-refractivity contribution in [2.24, 2.45) is 0 Å². The maximum Gasteiger partial charge on any atom is 0.208 e. The summed E-state index contributed by atoms with van der Waals surface area (Å²) >= 11 is 0. The molecule has 2 aromatic heterocycles. The summed E-state index contributed by atoms with van der Waals surface area (Å²) in [6.07, 6.45) is 5.81. The lowest BCUT2D eigenvalue weighted by atomic mass is 10.0. The van der Waals surface area contributed by atoms with E-state index in [9.17, 15) is 4.39 Å². The summed E-state index contributed by atoms with van der Waals surface area (Å²) in [5, 5.41) is 2.66. The van der Waals surface area contributed by atoms with Crippen LogP contribution in [0.3, 0.4) is 0 Å². The van der Waals surface area contributed by atoms with E-state index >= 15 is 0 Å². The molecule has 3 aromatic carbocycles. The minimum atomic E-state index is -1.83. The van der Waals surface area contributed by atoms with Gasteiger partial charge in [-0.15, -0.1) is 0 Å². The molecule has 0 aliphatic carbocycles. The molecule has 0 unspecified atom stereocenters. The van der Waals surface area contributed by atoms with Crippen molar-refractivity contribution in [1.29, 1.82) is 0 Å². The van der Waals surface area contributed by atoms with E-state index in [1.807, 2.05) is 36.7 Å². The molecule has 5 rings (SSSR count). The highest BCUT2D eigenvalue weighted by Gasteiger charge is 2.24. The summed E-state index contributed by atoms with van der Waals surface area (Å²) in [4.78, 5) is 4.17. The second-order valence-electron chi connectivity index (χ2n) is 7.45. The normalized spacial score (nSPS) is 11.0. The average Bonchev–Trinajstić information content (AvgIpc) is 3.26. The average molecular weight is 421 g/mol. The molecule has 0 spiro atoms. The summed E-state index contributed by atoms with van der Waals surface area (Å²) in [6, 6.07) is 34.4. The molecule has 0 fully saturated rings. The number of hydrogen-bond acceptors (Lipinski definition) is 1. The van der Waals surface area contributed by atoms with Gasteiger partial charge in [-0.1, -0.05) is 60.7 Å². The van der Waals surface area contributed by atoms with E-state index in [0.29, 0.717) is 0 Å². The van der Waals surface area contributed by atoms with E-state index in [1.54, 1.807) is 0 Å². The smallest absolute Gasteiger partial charge is 0.208 e. The fraction of sp³-hybridized carbons (Fsp3) is 0. The van der Waals surface area contributed by atoms with Gasteiger partial charge in [-0.3, -0.25) is 4.98 Å². The number of rotatable bonds is 5. The van der Waals surface area contributed by atoms with Crippen LogP contribution in [-0.4, -0.2) is 18.2 Å². The van der Waals surface area contributed by atoms with Crippen LogP contribution in [0.4, 0.5) is 4.39 Å². The zero-order chi connectivity index (χ0) is 21.0. The Labute approximate surface area is 183 Å². The first-order valence-corrected chi connectivity index (χ1v) is 12.0. The molecule has 31 heavy (non-hydrogen) atoms. The van der Waals surface area contributed by atoms with E-state index in [1.165, 1.54) is 22.5 Å². The lowest BCUT2D eigenvalue weighted by Gasteiger charge is -2.22. The van der Waals surface area contributed by atoms with Crippen LogP contribution in [0.2, 0.25) is 0 Å². The molecule has 0 saturated heterocycles. The summed E-state index contributed by atoms with van der Waals surface area (Å²) in [6.45, 7) is 0. The maximum atomic E-state index is 13.7. The van der Waals surface area contributed by atoms with Gasteiger partial charge in [-0.25, -0.2) is 4.39 Å². The fourth-order valence-electron chi connectivity index (χ4n) is 4.12. The van der Waals surface area contributed by atoms with E-state index in [4.69, 9.17) is 0 Å². The van der Waals surface area contributed by atoms with Gasteiger partial charge in [0.2, 0.25) is 8.96 Å². The zero-order valence-corrected chi connectivity index (χ0v) is 18.1.